The molecule has 2 N–H and O–H groups in total. The molecule has 0 spiro atoms. The topological polar surface area (TPSA) is 58.2 Å². The van der Waals surface area contributed by atoms with Crippen LogP contribution in [0, 0.1) is 0 Å². The van der Waals surface area contributed by atoms with Crippen LogP contribution in [0.5, 0.6) is 0 Å². The van der Waals surface area contributed by atoms with Crippen LogP contribution in [-0.4, -0.2) is 11.8 Å². The van der Waals surface area contributed by atoms with Gasteiger partial charge in [0.1, 0.15) is 0 Å². The molecule has 2 rings (SSSR count). The highest BCUT2D eigenvalue weighted by Crippen LogP contribution is 1.98. The molecular formula is C18H18N2O2. The van der Waals surface area contributed by atoms with Crippen LogP contribution < -0.4 is 10.6 Å². The maximum Gasteiger partial charge on any atom is 0.244 e. The van der Waals surface area contributed by atoms with Crippen LogP contribution in [0.2, 0.25) is 0 Å². The molecular weight excluding hydrogens is 276 g/mol. The highest BCUT2D eigenvalue weighted by atomic mass is 16.2. The molecule has 0 saturated heterocycles. The number of carbonyl (C=O) groups excluding carboxylic acids is 2. The monoisotopic (exact) mass is 294 g/mol. The average Bonchev–Trinajstić information content (AvgIpc) is 2.58. The molecule has 22 heavy (non-hydrogen) atoms. The summed E-state index contributed by atoms with van der Waals surface area (Å²) in [5, 5.41) is 5.44. The Kier molecular flexibility index (Phi) is 5.93. The lowest BCUT2D eigenvalue weighted by atomic mass is 10.2. The van der Waals surface area contributed by atoms with Crippen LogP contribution in [0.1, 0.15) is 11.1 Å². The summed E-state index contributed by atoms with van der Waals surface area (Å²) in [7, 11) is 0. The number of hydrogen-bond donors (Lipinski definition) is 2. The molecule has 0 aliphatic heterocycles. The Hall–Kier alpha value is -2.88. The molecule has 112 valence electrons. The van der Waals surface area contributed by atoms with Crippen molar-refractivity contribution in [2.75, 3.05) is 0 Å². The molecule has 0 aliphatic rings. The molecule has 2 aromatic rings. The Morgan fingerprint density at radius 2 is 1.05 bits per heavy atom. The van der Waals surface area contributed by atoms with Gasteiger partial charge in [0.2, 0.25) is 11.8 Å². The Bertz CT molecular complexity index is 579. The van der Waals surface area contributed by atoms with Crippen LogP contribution in [0.4, 0.5) is 0 Å². The number of rotatable bonds is 6. The number of hydrogen-bond acceptors (Lipinski definition) is 2. The summed E-state index contributed by atoms with van der Waals surface area (Å²) in [5.41, 5.74) is 2.02. The summed E-state index contributed by atoms with van der Waals surface area (Å²) in [5.74, 6) is -0.586. The van der Waals surface area contributed by atoms with Crippen molar-refractivity contribution in [1.82, 2.24) is 10.6 Å². The van der Waals surface area contributed by atoms with Crippen LogP contribution >= 0.6 is 0 Å². The predicted octanol–water partition coefficient (Wildman–Crippen LogP) is 2.18. The summed E-state index contributed by atoms with van der Waals surface area (Å²) < 4.78 is 0. The Labute approximate surface area is 129 Å². The molecule has 0 heterocycles. The SMILES string of the molecule is O=C(/C=C\C(=O)NCc1ccccc1)NCc1ccccc1. The maximum atomic E-state index is 11.6. The van der Waals surface area contributed by atoms with Gasteiger partial charge >= 0.3 is 0 Å². The third-order valence-electron chi connectivity index (χ3n) is 3.01. The zero-order chi connectivity index (χ0) is 15.6. The largest absolute Gasteiger partial charge is 0.348 e. The number of amides is 2. The predicted molar refractivity (Wildman–Crippen MR) is 85.7 cm³/mol. The molecule has 0 fully saturated rings. The first kappa shape index (κ1) is 15.5. The first-order valence-electron chi connectivity index (χ1n) is 7.05. The quantitative estimate of drug-likeness (QED) is 0.802. The van der Waals surface area contributed by atoms with Crippen molar-refractivity contribution >= 4 is 11.8 Å². The summed E-state index contributed by atoms with van der Waals surface area (Å²) in [6.07, 6.45) is 2.48. The number of carbonyl (C=O) groups is 2. The van der Waals surface area contributed by atoms with E-state index in [4.69, 9.17) is 0 Å². The Balaban J connectivity index is 1.71. The fourth-order valence-corrected chi connectivity index (χ4v) is 1.84. The van der Waals surface area contributed by atoms with Gasteiger partial charge in [0.05, 0.1) is 0 Å². The van der Waals surface area contributed by atoms with Crippen molar-refractivity contribution in [3.63, 3.8) is 0 Å². The average molecular weight is 294 g/mol. The van der Waals surface area contributed by atoms with Gasteiger partial charge in [-0.05, 0) is 11.1 Å². The molecule has 0 radical (unpaired) electrons. The molecule has 2 amide bonds. The van der Waals surface area contributed by atoms with Gasteiger partial charge in [-0.25, -0.2) is 0 Å². The Morgan fingerprint density at radius 3 is 1.41 bits per heavy atom. The van der Waals surface area contributed by atoms with E-state index in [9.17, 15) is 9.59 Å². The second kappa shape index (κ2) is 8.42. The van der Waals surface area contributed by atoms with Crippen LogP contribution in [0.15, 0.2) is 72.8 Å². The van der Waals surface area contributed by atoms with Crippen LogP contribution in [-0.2, 0) is 22.7 Å². The van der Waals surface area contributed by atoms with E-state index in [1.165, 1.54) is 12.2 Å². The molecule has 0 aromatic heterocycles. The van der Waals surface area contributed by atoms with E-state index in [-0.39, 0.29) is 11.8 Å². The molecule has 0 atom stereocenters. The fourth-order valence-electron chi connectivity index (χ4n) is 1.84. The lowest BCUT2D eigenvalue weighted by Crippen LogP contribution is -2.23. The zero-order valence-corrected chi connectivity index (χ0v) is 12.2. The van der Waals surface area contributed by atoms with Gasteiger partial charge in [-0.3, -0.25) is 9.59 Å². The van der Waals surface area contributed by atoms with Gasteiger partial charge in [-0.1, -0.05) is 60.7 Å². The van der Waals surface area contributed by atoms with E-state index >= 15 is 0 Å². The normalized spacial score (nSPS) is 10.4. The van der Waals surface area contributed by atoms with Gasteiger partial charge in [-0.15, -0.1) is 0 Å². The number of nitrogens with one attached hydrogen (secondary N) is 2. The van der Waals surface area contributed by atoms with Gasteiger partial charge in [0.15, 0.2) is 0 Å². The molecule has 0 bridgehead atoms. The fraction of sp³-hybridized carbons (Fsp3) is 0.111. The van der Waals surface area contributed by atoms with Crippen molar-refractivity contribution in [3.8, 4) is 0 Å². The summed E-state index contributed by atoms with van der Waals surface area (Å²) >= 11 is 0. The minimum Gasteiger partial charge on any atom is -0.348 e. The molecule has 0 unspecified atom stereocenters. The van der Waals surface area contributed by atoms with E-state index < -0.39 is 0 Å². The van der Waals surface area contributed by atoms with Gasteiger partial charge in [0.25, 0.3) is 0 Å². The van der Waals surface area contributed by atoms with Crippen molar-refractivity contribution in [1.29, 1.82) is 0 Å². The van der Waals surface area contributed by atoms with Gasteiger partial charge in [0, 0.05) is 25.2 Å². The maximum absolute atomic E-state index is 11.6. The molecule has 2 aromatic carbocycles. The van der Waals surface area contributed by atoms with Crippen LogP contribution in [0.25, 0.3) is 0 Å². The third-order valence-corrected chi connectivity index (χ3v) is 3.01. The van der Waals surface area contributed by atoms with E-state index in [0.29, 0.717) is 13.1 Å². The van der Waals surface area contributed by atoms with Gasteiger partial charge < -0.3 is 10.6 Å². The van der Waals surface area contributed by atoms with E-state index in [1.807, 2.05) is 60.7 Å². The standard InChI is InChI=1S/C18H18N2O2/c21-17(19-13-15-7-3-1-4-8-15)11-12-18(22)20-14-16-9-5-2-6-10-16/h1-12H,13-14H2,(H,19,21)(H,20,22)/b12-11-. The Morgan fingerprint density at radius 1 is 0.682 bits per heavy atom. The summed E-state index contributed by atoms with van der Waals surface area (Å²) in [6.45, 7) is 0.880. The van der Waals surface area contributed by atoms with Crippen molar-refractivity contribution in [2.24, 2.45) is 0 Å². The van der Waals surface area contributed by atoms with Gasteiger partial charge in [-0.2, -0.15) is 0 Å². The number of benzene rings is 2. The minimum atomic E-state index is -0.293. The van der Waals surface area contributed by atoms with Crippen molar-refractivity contribution in [2.45, 2.75) is 13.1 Å². The highest BCUT2D eigenvalue weighted by molar-refractivity contribution is 5.96. The molecule has 4 heteroatoms. The van der Waals surface area contributed by atoms with Crippen molar-refractivity contribution in [3.05, 3.63) is 83.9 Å². The first-order valence-corrected chi connectivity index (χ1v) is 7.05. The van der Waals surface area contributed by atoms with Crippen LogP contribution in [0.3, 0.4) is 0 Å². The first-order chi connectivity index (χ1) is 10.7. The highest BCUT2D eigenvalue weighted by Gasteiger charge is 1.99. The third kappa shape index (κ3) is 5.63. The minimum absolute atomic E-state index is 0.293. The molecule has 0 saturated carbocycles. The molecule has 4 nitrogen and oxygen atoms in total. The zero-order valence-electron chi connectivity index (χ0n) is 12.2. The second-order valence-electron chi connectivity index (χ2n) is 4.74. The van der Waals surface area contributed by atoms with E-state index in [2.05, 4.69) is 10.6 Å². The lowest BCUT2D eigenvalue weighted by Gasteiger charge is -2.03. The summed E-state index contributed by atoms with van der Waals surface area (Å²) in [4.78, 5) is 23.2. The van der Waals surface area contributed by atoms with E-state index in [1.54, 1.807) is 0 Å². The van der Waals surface area contributed by atoms with E-state index in [0.717, 1.165) is 11.1 Å². The van der Waals surface area contributed by atoms with Crippen molar-refractivity contribution < 1.29 is 9.59 Å². The second-order valence-corrected chi connectivity index (χ2v) is 4.74. The molecule has 0 aliphatic carbocycles. The lowest BCUT2D eigenvalue weighted by molar-refractivity contribution is -0.118. The summed E-state index contributed by atoms with van der Waals surface area (Å²) in [6, 6.07) is 19.2. The smallest absolute Gasteiger partial charge is 0.244 e.